The first-order valence-corrected chi connectivity index (χ1v) is 6.44. The van der Waals surface area contributed by atoms with Crippen LogP contribution in [0.5, 0.6) is 0 Å². The van der Waals surface area contributed by atoms with Crippen molar-refractivity contribution in [3.05, 3.63) is 16.2 Å². The number of nitrogen functional groups attached to an aromatic ring is 1. The maximum absolute atomic E-state index is 5.86. The second-order valence-electron chi connectivity index (χ2n) is 4.34. The minimum atomic E-state index is 0.408. The predicted octanol–water partition coefficient (Wildman–Crippen LogP) is 1.93. The molecule has 0 aliphatic heterocycles. The molecule has 2 heterocycles. The second-order valence-corrected chi connectivity index (χ2v) is 4.73. The zero-order valence-electron chi connectivity index (χ0n) is 10.9. The largest absolute Gasteiger partial charge is 0.335 e. The first-order chi connectivity index (χ1) is 8.56. The Bertz CT molecular complexity index is 606. The summed E-state index contributed by atoms with van der Waals surface area (Å²) in [5, 5.41) is 11.4. The summed E-state index contributed by atoms with van der Waals surface area (Å²) in [6.45, 7) is 7.07. The lowest BCUT2D eigenvalue weighted by molar-refractivity contribution is 0.556. The molecule has 0 atom stereocenters. The number of nitrogens with zero attached hydrogens (tertiary/aromatic N) is 4. The molecule has 18 heavy (non-hydrogen) atoms. The molecule has 0 saturated carbocycles. The first-order valence-electron chi connectivity index (χ1n) is 6.03. The maximum atomic E-state index is 5.86. The zero-order valence-corrected chi connectivity index (χ0v) is 11.7. The number of aromatic nitrogens is 5. The van der Waals surface area contributed by atoms with Gasteiger partial charge in [0.1, 0.15) is 0 Å². The molecule has 0 radical (unpaired) electrons. The van der Waals surface area contributed by atoms with Gasteiger partial charge in [-0.25, -0.2) is 9.77 Å². The summed E-state index contributed by atoms with van der Waals surface area (Å²) in [5.74, 6) is 6.50. The van der Waals surface area contributed by atoms with Crippen LogP contribution in [0.1, 0.15) is 31.2 Å². The van der Waals surface area contributed by atoms with Gasteiger partial charge in [0.15, 0.2) is 5.82 Å². The molecule has 98 valence electrons. The zero-order chi connectivity index (χ0) is 13.3. The topological polar surface area (TPSA) is 77.5 Å². The quantitative estimate of drug-likeness (QED) is 0.655. The fourth-order valence-corrected chi connectivity index (χ4v) is 2.16. The number of aryl methyl sites for hydroxylation is 2. The van der Waals surface area contributed by atoms with E-state index in [1.807, 2.05) is 18.5 Å². The van der Waals surface area contributed by atoms with Crippen LogP contribution in [0.3, 0.4) is 0 Å². The van der Waals surface area contributed by atoms with Crippen molar-refractivity contribution in [3.63, 3.8) is 0 Å². The van der Waals surface area contributed by atoms with E-state index in [0.29, 0.717) is 10.6 Å². The molecule has 0 aliphatic carbocycles. The summed E-state index contributed by atoms with van der Waals surface area (Å²) in [5.41, 5.74) is 2.95. The van der Waals surface area contributed by atoms with Gasteiger partial charge in [-0.2, -0.15) is 10.2 Å². The van der Waals surface area contributed by atoms with Gasteiger partial charge in [-0.15, -0.1) is 0 Å². The van der Waals surface area contributed by atoms with Gasteiger partial charge in [-0.05, 0) is 32.5 Å². The molecule has 0 aromatic carbocycles. The normalized spacial score (nSPS) is 11.1. The highest BCUT2D eigenvalue weighted by Crippen LogP contribution is 2.24. The number of nitrogens with one attached hydrogen (secondary N) is 1. The van der Waals surface area contributed by atoms with Gasteiger partial charge in [0, 0.05) is 12.2 Å². The Kier molecular flexibility index (Phi) is 3.51. The Hall–Kier alpha value is -1.63. The number of nitrogens with two attached hydrogens (primary N) is 1. The van der Waals surface area contributed by atoms with Gasteiger partial charge in [0.25, 0.3) is 0 Å². The smallest absolute Gasteiger partial charge is 0.214 e. The van der Waals surface area contributed by atoms with Gasteiger partial charge >= 0.3 is 0 Å². The lowest BCUT2D eigenvalue weighted by Crippen LogP contribution is -2.10. The maximum Gasteiger partial charge on any atom is 0.214 e. The van der Waals surface area contributed by atoms with Crippen LogP contribution < -0.4 is 5.84 Å². The van der Waals surface area contributed by atoms with Crippen molar-refractivity contribution in [1.82, 2.24) is 24.7 Å². The van der Waals surface area contributed by atoms with E-state index in [2.05, 4.69) is 22.2 Å². The summed E-state index contributed by atoms with van der Waals surface area (Å²) >= 11 is 5.03. The minimum absolute atomic E-state index is 0.408. The standard InChI is InChI=1S/C11H18N6S/c1-4-5-6-16-8(3)9(7(2)15-16)10-13-14-11(18)17(10)12/h4-6,12H2,1-3H3,(H,14,18). The van der Waals surface area contributed by atoms with Crippen molar-refractivity contribution in [1.29, 1.82) is 0 Å². The highest BCUT2D eigenvalue weighted by Gasteiger charge is 2.17. The molecule has 0 aliphatic rings. The molecule has 0 saturated heterocycles. The van der Waals surface area contributed by atoms with E-state index in [-0.39, 0.29) is 0 Å². The highest BCUT2D eigenvalue weighted by atomic mass is 32.1. The van der Waals surface area contributed by atoms with Crippen molar-refractivity contribution >= 4 is 12.2 Å². The van der Waals surface area contributed by atoms with Crippen LogP contribution >= 0.6 is 12.2 Å². The summed E-state index contributed by atoms with van der Waals surface area (Å²) in [6.07, 6.45) is 2.25. The van der Waals surface area contributed by atoms with E-state index in [4.69, 9.17) is 18.1 Å². The van der Waals surface area contributed by atoms with Crippen LogP contribution in [0.15, 0.2) is 0 Å². The van der Waals surface area contributed by atoms with Gasteiger partial charge < -0.3 is 5.84 Å². The lowest BCUT2D eigenvalue weighted by Gasteiger charge is -2.04. The molecule has 2 aromatic rings. The van der Waals surface area contributed by atoms with Crippen molar-refractivity contribution in [2.24, 2.45) is 0 Å². The van der Waals surface area contributed by atoms with E-state index in [0.717, 1.165) is 36.3 Å². The molecular weight excluding hydrogens is 248 g/mol. The van der Waals surface area contributed by atoms with Gasteiger partial charge in [-0.3, -0.25) is 4.68 Å². The summed E-state index contributed by atoms with van der Waals surface area (Å²) in [4.78, 5) is 0. The monoisotopic (exact) mass is 266 g/mol. The number of aromatic amines is 1. The summed E-state index contributed by atoms with van der Waals surface area (Å²) in [7, 11) is 0. The highest BCUT2D eigenvalue weighted by molar-refractivity contribution is 7.71. The second kappa shape index (κ2) is 4.93. The Morgan fingerprint density at radius 1 is 1.39 bits per heavy atom. The van der Waals surface area contributed by atoms with Crippen LogP contribution in [0.4, 0.5) is 0 Å². The molecular formula is C11H18N6S. The third kappa shape index (κ3) is 2.05. The third-order valence-electron chi connectivity index (χ3n) is 3.03. The third-order valence-corrected chi connectivity index (χ3v) is 3.32. The number of H-pyrrole nitrogens is 1. The van der Waals surface area contributed by atoms with Crippen molar-refractivity contribution in [3.8, 4) is 11.4 Å². The molecule has 2 aromatic heterocycles. The number of hydrogen-bond acceptors (Lipinski definition) is 4. The number of rotatable bonds is 4. The molecule has 0 amide bonds. The molecule has 6 nitrogen and oxygen atoms in total. The Labute approximate surface area is 111 Å². The van der Waals surface area contributed by atoms with Gasteiger partial charge in [0.05, 0.1) is 11.3 Å². The molecule has 0 fully saturated rings. The molecule has 0 bridgehead atoms. The average Bonchev–Trinajstić information content (AvgIpc) is 2.80. The first kappa shape index (κ1) is 12.8. The van der Waals surface area contributed by atoms with E-state index in [1.165, 1.54) is 4.68 Å². The van der Waals surface area contributed by atoms with Crippen LogP contribution in [0, 0.1) is 18.6 Å². The Morgan fingerprint density at radius 3 is 2.67 bits per heavy atom. The predicted molar refractivity (Wildman–Crippen MR) is 73.2 cm³/mol. The van der Waals surface area contributed by atoms with E-state index in [9.17, 15) is 0 Å². The van der Waals surface area contributed by atoms with E-state index >= 15 is 0 Å². The van der Waals surface area contributed by atoms with Crippen molar-refractivity contribution in [2.75, 3.05) is 5.84 Å². The number of hydrogen-bond donors (Lipinski definition) is 2. The average molecular weight is 266 g/mol. The fraction of sp³-hybridized carbons (Fsp3) is 0.545. The SMILES string of the molecule is CCCCn1nc(C)c(-c2n[nH]c(=S)n2N)c1C. The summed E-state index contributed by atoms with van der Waals surface area (Å²) in [6, 6.07) is 0. The van der Waals surface area contributed by atoms with Gasteiger partial charge in [-0.1, -0.05) is 13.3 Å². The minimum Gasteiger partial charge on any atom is -0.335 e. The molecule has 0 spiro atoms. The number of unbranched alkanes of at least 4 members (excludes halogenated alkanes) is 1. The van der Waals surface area contributed by atoms with Crippen LogP contribution in [0.2, 0.25) is 0 Å². The van der Waals surface area contributed by atoms with E-state index in [1.54, 1.807) is 0 Å². The lowest BCUT2D eigenvalue weighted by atomic mass is 10.2. The van der Waals surface area contributed by atoms with Crippen LogP contribution in [-0.2, 0) is 6.54 Å². The Balaban J connectivity index is 2.48. The van der Waals surface area contributed by atoms with Crippen molar-refractivity contribution < 1.29 is 0 Å². The fourth-order valence-electron chi connectivity index (χ4n) is 2.03. The molecule has 2 rings (SSSR count). The van der Waals surface area contributed by atoms with Crippen molar-refractivity contribution in [2.45, 2.75) is 40.2 Å². The molecule has 3 N–H and O–H groups in total. The van der Waals surface area contributed by atoms with Gasteiger partial charge in [0.2, 0.25) is 4.77 Å². The van der Waals surface area contributed by atoms with Crippen LogP contribution in [-0.4, -0.2) is 24.7 Å². The Morgan fingerprint density at radius 2 is 2.11 bits per heavy atom. The van der Waals surface area contributed by atoms with Crippen LogP contribution in [0.25, 0.3) is 11.4 Å². The van der Waals surface area contributed by atoms with E-state index < -0.39 is 0 Å². The molecule has 0 unspecified atom stereocenters. The summed E-state index contributed by atoms with van der Waals surface area (Å²) < 4.78 is 3.80. The molecule has 7 heteroatoms.